The van der Waals surface area contributed by atoms with Gasteiger partial charge in [-0.25, -0.2) is 4.79 Å². The molecule has 1 rings (SSSR count). The summed E-state index contributed by atoms with van der Waals surface area (Å²) >= 11 is 0. The number of ether oxygens (including phenoxy) is 1. The number of carboxylic acids is 1. The number of nitro groups is 2. The van der Waals surface area contributed by atoms with Crippen LogP contribution in [0.1, 0.15) is 5.56 Å². The van der Waals surface area contributed by atoms with Crippen molar-refractivity contribution in [3.63, 3.8) is 0 Å². The van der Waals surface area contributed by atoms with E-state index in [1.807, 2.05) is 0 Å². The molecule has 0 amide bonds. The standard InChI is InChI=1S/C10H8N2O7/c1-19-8-4-3-7(11(15)16)6(2-5-9(13)14)10(8)12(17)18/h2-5H,1H3,(H,13,14)/b5-2+. The van der Waals surface area contributed by atoms with Gasteiger partial charge in [-0.1, -0.05) is 0 Å². The second-order valence-corrected chi connectivity index (χ2v) is 3.24. The molecule has 0 aliphatic rings. The van der Waals surface area contributed by atoms with Crippen molar-refractivity contribution in [3.8, 4) is 5.75 Å². The number of benzene rings is 1. The van der Waals surface area contributed by atoms with Crippen LogP contribution in [0.3, 0.4) is 0 Å². The first-order valence-electron chi connectivity index (χ1n) is 4.79. The lowest BCUT2D eigenvalue weighted by Gasteiger charge is -2.04. The van der Waals surface area contributed by atoms with Crippen LogP contribution in [0, 0.1) is 20.2 Å². The maximum Gasteiger partial charge on any atom is 0.328 e. The van der Waals surface area contributed by atoms with E-state index in [0.29, 0.717) is 6.08 Å². The monoisotopic (exact) mass is 268 g/mol. The fourth-order valence-corrected chi connectivity index (χ4v) is 1.41. The molecular weight excluding hydrogens is 260 g/mol. The minimum absolute atomic E-state index is 0.194. The summed E-state index contributed by atoms with van der Waals surface area (Å²) < 4.78 is 4.74. The van der Waals surface area contributed by atoms with E-state index in [0.717, 1.165) is 18.2 Å². The molecule has 0 saturated heterocycles. The van der Waals surface area contributed by atoms with Crippen LogP contribution in [-0.4, -0.2) is 28.0 Å². The summed E-state index contributed by atoms with van der Waals surface area (Å²) in [6.45, 7) is 0. The van der Waals surface area contributed by atoms with Crippen molar-refractivity contribution in [3.05, 3.63) is 44.0 Å². The molecule has 0 spiro atoms. The normalized spacial score (nSPS) is 10.4. The minimum Gasteiger partial charge on any atom is -0.490 e. The van der Waals surface area contributed by atoms with Crippen molar-refractivity contribution in [2.75, 3.05) is 7.11 Å². The molecule has 1 aromatic carbocycles. The number of hydrogen-bond acceptors (Lipinski definition) is 6. The van der Waals surface area contributed by atoms with Gasteiger partial charge in [0.05, 0.1) is 17.0 Å². The Bertz CT molecular complexity index is 579. The molecule has 0 aromatic heterocycles. The molecule has 0 bridgehead atoms. The van der Waals surface area contributed by atoms with Gasteiger partial charge in [0.1, 0.15) is 5.56 Å². The molecule has 0 radical (unpaired) electrons. The molecule has 0 aliphatic heterocycles. The maximum atomic E-state index is 10.9. The SMILES string of the molecule is COc1ccc([N+](=O)[O-])c(/C=C/C(=O)O)c1[N+](=O)[O-]. The van der Waals surface area contributed by atoms with Gasteiger partial charge in [-0.15, -0.1) is 0 Å². The van der Waals surface area contributed by atoms with Crippen molar-refractivity contribution in [1.82, 2.24) is 0 Å². The molecule has 9 nitrogen and oxygen atoms in total. The van der Waals surface area contributed by atoms with E-state index in [1.165, 1.54) is 7.11 Å². The van der Waals surface area contributed by atoms with Gasteiger partial charge in [0.2, 0.25) is 0 Å². The third-order valence-corrected chi connectivity index (χ3v) is 2.15. The third kappa shape index (κ3) is 3.03. The van der Waals surface area contributed by atoms with Crippen molar-refractivity contribution in [2.24, 2.45) is 0 Å². The van der Waals surface area contributed by atoms with Crippen LogP contribution in [0.15, 0.2) is 18.2 Å². The average molecular weight is 268 g/mol. The predicted octanol–water partition coefficient (Wildman–Crippen LogP) is 1.61. The first kappa shape index (κ1) is 14.1. The van der Waals surface area contributed by atoms with Crippen LogP contribution < -0.4 is 4.74 Å². The summed E-state index contributed by atoms with van der Waals surface area (Å²) in [6, 6.07) is 2.09. The van der Waals surface area contributed by atoms with Crippen molar-refractivity contribution >= 4 is 23.4 Å². The smallest absolute Gasteiger partial charge is 0.328 e. The zero-order valence-electron chi connectivity index (χ0n) is 9.60. The molecule has 0 fully saturated rings. The number of methoxy groups -OCH3 is 1. The van der Waals surface area contributed by atoms with Crippen molar-refractivity contribution in [2.45, 2.75) is 0 Å². The highest BCUT2D eigenvalue weighted by Crippen LogP contribution is 2.37. The van der Waals surface area contributed by atoms with E-state index < -0.39 is 32.8 Å². The zero-order valence-corrected chi connectivity index (χ0v) is 9.60. The molecule has 100 valence electrons. The van der Waals surface area contributed by atoms with Gasteiger partial charge in [-0.2, -0.15) is 0 Å². The summed E-state index contributed by atoms with van der Waals surface area (Å²) in [5, 5.41) is 30.2. The van der Waals surface area contributed by atoms with Crippen LogP contribution in [-0.2, 0) is 4.79 Å². The summed E-state index contributed by atoms with van der Waals surface area (Å²) in [4.78, 5) is 30.5. The topological polar surface area (TPSA) is 133 Å². The fourth-order valence-electron chi connectivity index (χ4n) is 1.41. The molecule has 0 aliphatic carbocycles. The number of carboxylic acid groups (broad SMARTS) is 1. The zero-order chi connectivity index (χ0) is 14.6. The Morgan fingerprint density at radius 1 is 1.32 bits per heavy atom. The molecule has 1 aromatic rings. The molecule has 0 atom stereocenters. The summed E-state index contributed by atoms with van der Waals surface area (Å²) in [6.07, 6.45) is 1.37. The van der Waals surface area contributed by atoms with Crippen molar-refractivity contribution in [1.29, 1.82) is 0 Å². The Balaban J connectivity index is 3.62. The minimum atomic E-state index is -1.38. The van der Waals surface area contributed by atoms with Crippen LogP contribution in [0.5, 0.6) is 5.75 Å². The first-order chi connectivity index (χ1) is 8.88. The van der Waals surface area contributed by atoms with E-state index in [2.05, 4.69) is 0 Å². The second-order valence-electron chi connectivity index (χ2n) is 3.24. The Morgan fingerprint density at radius 2 is 1.95 bits per heavy atom. The Hall–Kier alpha value is -2.97. The molecular formula is C10H8N2O7. The lowest BCUT2D eigenvalue weighted by Crippen LogP contribution is -2.01. The largest absolute Gasteiger partial charge is 0.490 e. The van der Waals surface area contributed by atoms with E-state index in [1.54, 1.807) is 0 Å². The Labute approximate surface area is 106 Å². The predicted molar refractivity (Wildman–Crippen MR) is 63.0 cm³/mol. The van der Waals surface area contributed by atoms with Gasteiger partial charge in [-0.3, -0.25) is 20.2 Å². The van der Waals surface area contributed by atoms with E-state index >= 15 is 0 Å². The molecule has 0 heterocycles. The first-order valence-corrected chi connectivity index (χ1v) is 4.79. The number of hydrogen-bond donors (Lipinski definition) is 1. The van der Waals surface area contributed by atoms with E-state index in [-0.39, 0.29) is 5.75 Å². The summed E-state index contributed by atoms with van der Waals surface area (Å²) in [5.41, 5.74) is -1.67. The Kier molecular flexibility index (Phi) is 4.14. The lowest BCUT2D eigenvalue weighted by atomic mass is 10.1. The van der Waals surface area contributed by atoms with Gasteiger partial charge >= 0.3 is 11.7 Å². The number of aliphatic carboxylic acids is 1. The highest BCUT2D eigenvalue weighted by Gasteiger charge is 2.28. The lowest BCUT2D eigenvalue weighted by molar-refractivity contribution is -0.395. The molecule has 1 N–H and O–H groups in total. The number of nitrogens with zero attached hydrogens (tertiary/aromatic N) is 2. The maximum absolute atomic E-state index is 10.9. The van der Waals surface area contributed by atoms with Crippen molar-refractivity contribution < 1.29 is 24.5 Å². The van der Waals surface area contributed by atoms with Crippen LogP contribution in [0.25, 0.3) is 6.08 Å². The second kappa shape index (κ2) is 5.58. The number of nitro benzene ring substituents is 2. The number of rotatable bonds is 5. The fraction of sp³-hybridized carbons (Fsp3) is 0.100. The summed E-state index contributed by atoms with van der Waals surface area (Å²) in [7, 11) is 1.17. The highest BCUT2D eigenvalue weighted by molar-refractivity contribution is 5.88. The van der Waals surface area contributed by atoms with Gasteiger partial charge in [0.25, 0.3) is 5.69 Å². The molecule has 9 heteroatoms. The van der Waals surface area contributed by atoms with Gasteiger partial charge in [0.15, 0.2) is 5.75 Å². The van der Waals surface area contributed by atoms with Gasteiger partial charge in [-0.05, 0) is 12.1 Å². The van der Waals surface area contributed by atoms with Crippen LogP contribution >= 0.6 is 0 Å². The highest BCUT2D eigenvalue weighted by atomic mass is 16.6. The van der Waals surface area contributed by atoms with E-state index in [4.69, 9.17) is 9.84 Å². The van der Waals surface area contributed by atoms with Crippen LogP contribution in [0.4, 0.5) is 11.4 Å². The third-order valence-electron chi connectivity index (χ3n) is 2.15. The van der Waals surface area contributed by atoms with E-state index in [9.17, 15) is 25.0 Å². The Morgan fingerprint density at radius 3 is 2.37 bits per heavy atom. The summed E-state index contributed by atoms with van der Waals surface area (Å²) in [5.74, 6) is -1.58. The molecule has 19 heavy (non-hydrogen) atoms. The van der Waals surface area contributed by atoms with Crippen LogP contribution in [0.2, 0.25) is 0 Å². The quantitative estimate of drug-likeness (QED) is 0.487. The molecule has 0 saturated carbocycles. The average Bonchev–Trinajstić information content (AvgIpc) is 2.34. The molecule has 0 unspecified atom stereocenters. The van der Waals surface area contributed by atoms with Gasteiger partial charge < -0.3 is 9.84 Å². The number of carbonyl (C=O) groups is 1. The van der Waals surface area contributed by atoms with Gasteiger partial charge in [0, 0.05) is 12.1 Å².